The molecule has 1 aliphatic heterocycles. The van der Waals surface area contributed by atoms with Crippen molar-refractivity contribution >= 4 is 0 Å². The van der Waals surface area contributed by atoms with Gasteiger partial charge in [0.1, 0.15) is 0 Å². The van der Waals surface area contributed by atoms with Gasteiger partial charge in [-0.3, -0.25) is 0 Å². The second-order valence-corrected chi connectivity index (χ2v) is 2.00. The highest BCUT2D eigenvalue weighted by atomic mass is 16.6. The molecule has 0 aromatic rings. The molecule has 1 fully saturated rings. The summed E-state index contributed by atoms with van der Waals surface area (Å²) >= 11 is 0. The molecule has 0 radical (unpaired) electrons. The van der Waals surface area contributed by atoms with Crippen LogP contribution in [0.2, 0.25) is 0 Å². The molecule has 3 nitrogen and oxygen atoms in total. The van der Waals surface area contributed by atoms with Crippen molar-refractivity contribution < 1.29 is 4.74 Å². The predicted molar refractivity (Wildman–Crippen MR) is 31.6 cm³/mol. The van der Waals surface area contributed by atoms with Crippen LogP contribution in [0.3, 0.4) is 0 Å². The molecule has 0 aliphatic carbocycles. The van der Waals surface area contributed by atoms with Crippen LogP contribution < -0.4 is 11.1 Å². The third-order valence-electron chi connectivity index (χ3n) is 1.43. The van der Waals surface area contributed by atoms with E-state index >= 15 is 0 Å². The van der Waals surface area contributed by atoms with Crippen molar-refractivity contribution in [3.63, 3.8) is 0 Å². The first-order chi connectivity index (χ1) is 3.88. The molecule has 8 heavy (non-hydrogen) atoms. The number of rotatable bonds is 3. The van der Waals surface area contributed by atoms with Gasteiger partial charge in [-0.05, 0) is 7.05 Å². The lowest BCUT2D eigenvalue weighted by atomic mass is 10.2. The molecule has 1 aliphatic rings. The summed E-state index contributed by atoms with van der Waals surface area (Å²) in [5, 5.41) is 3.06. The number of hydrogen-bond acceptors (Lipinski definition) is 3. The summed E-state index contributed by atoms with van der Waals surface area (Å²) in [4.78, 5) is 0. The Bertz CT molecular complexity index is 68.8. The standard InChI is InChI=1S/C5H12N2O/c1-7-4(2-6)5-3-8-5/h4-5,7H,2-3,6H2,1H3. The summed E-state index contributed by atoms with van der Waals surface area (Å²) in [6.07, 6.45) is 0.394. The number of hydrogen-bond donors (Lipinski definition) is 2. The third-order valence-corrected chi connectivity index (χ3v) is 1.43. The molecule has 0 bridgehead atoms. The summed E-state index contributed by atoms with van der Waals surface area (Å²) in [7, 11) is 1.90. The van der Waals surface area contributed by atoms with Crippen molar-refractivity contribution in [2.24, 2.45) is 5.73 Å². The minimum absolute atomic E-state index is 0.370. The van der Waals surface area contributed by atoms with E-state index in [0.29, 0.717) is 18.7 Å². The Hall–Kier alpha value is -0.120. The Morgan fingerprint density at radius 2 is 2.62 bits per heavy atom. The SMILES string of the molecule is CNC(CN)C1CO1. The van der Waals surface area contributed by atoms with Gasteiger partial charge in [0.2, 0.25) is 0 Å². The highest BCUT2D eigenvalue weighted by Gasteiger charge is 2.30. The van der Waals surface area contributed by atoms with Crippen LogP contribution in [0.15, 0.2) is 0 Å². The van der Waals surface area contributed by atoms with Crippen LogP contribution in [0.1, 0.15) is 0 Å². The number of epoxide rings is 1. The van der Waals surface area contributed by atoms with E-state index in [1.807, 2.05) is 7.05 Å². The summed E-state index contributed by atoms with van der Waals surface area (Å²) in [5.74, 6) is 0. The fourth-order valence-electron chi connectivity index (χ4n) is 0.743. The van der Waals surface area contributed by atoms with Gasteiger partial charge in [0.15, 0.2) is 0 Å². The van der Waals surface area contributed by atoms with Crippen molar-refractivity contribution in [1.29, 1.82) is 0 Å². The fourth-order valence-corrected chi connectivity index (χ4v) is 0.743. The Balaban J connectivity index is 2.15. The maximum absolute atomic E-state index is 5.38. The molecule has 3 heteroatoms. The Morgan fingerprint density at radius 1 is 2.00 bits per heavy atom. The van der Waals surface area contributed by atoms with E-state index in [9.17, 15) is 0 Å². The first kappa shape index (κ1) is 6.01. The second-order valence-electron chi connectivity index (χ2n) is 2.00. The Morgan fingerprint density at radius 3 is 2.75 bits per heavy atom. The van der Waals surface area contributed by atoms with Crippen LogP contribution in [0.5, 0.6) is 0 Å². The van der Waals surface area contributed by atoms with E-state index < -0.39 is 0 Å². The lowest BCUT2D eigenvalue weighted by molar-refractivity contribution is 0.353. The van der Waals surface area contributed by atoms with Crippen LogP contribution in [-0.4, -0.2) is 32.3 Å². The minimum atomic E-state index is 0.370. The second kappa shape index (κ2) is 2.44. The van der Waals surface area contributed by atoms with Crippen LogP contribution in [0.25, 0.3) is 0 Å². The predicted octanol–water partition coefficient (Wildman–Crippen LogP) is -1.07. The maximum Gasteiger partial charge on any atom is 0.0974 e. The monoisotopic (exact) mass is 116 g/mol. The van der Waals surface area contributed by atoms with Crippen molar-refractivity contribution in [1.82, 2.24) is 5.32 Å². The van der Waals surface area contributed by atoms with Crippen molar-refractivity contribution in [3.8, 4) is 0 Å². The van der Waals surface area contributed by atoms with Gasteiger partial charge < -0.3 is 15.8 Å². The van der Waals surface area contributed by atoms with Gasteiger partial charge >= 0.3 is 0 Å². The van der Waals surface area contributed by atoms with Gasteiger partial charge in [0.05, 0.1) is 12.7 Å². The molecule has 0 saturated carbocycles. The topological polar surface area (TPSA) is 50.6 Å². The van der Waals surface area contributed by atoms with Gasteiger partial charge in [-0.1, -0.05) is 0 Å². The highest BCUT2D eigenvalue weighted by Crippen LogP contribution is 2.12. The summed E-state index contributed by atoms with van der Waals surface area (Å²) < 4.78 is 5.01. The molecule has 0 aromatic heterocycles. The zero-order valence-electron chi connectivity index (χ0n) is 5.05. The molecule has 2 unspecified atom stereocenters. The van der Waals surface area contributed by atoms with Gasteiger partial charge in [-0.15, -0.1) is 0 Å². The number of nitrogens with two attached hydrogens (primary N) is 1. The molecular weight excluding hydrogens is 104 g/mol. The molecule has 1 saturated heterocycles. The normalized spacial score (nSPS) is 30.0. The van der Waals surface area contributed by atoms with E-state index in [2.05, 4.69) is 5.32 Å². The van der Waals surface area contributed by atoms with Gasteiger partial charge in [-0.25, -0.2) is 0 Å². The zero-order valence-corrected chi connectivity index (χ0v) is 5.05. The van der Waals surface area contributed by atoms with Crippen LogP contribution in [0, 0.1) is 0 Å². The lowest BCUT2D eigenvalue weighted by Gasteiger charge is -2.07. The molecular formula is C5H12N2O. The van der Waals surface area contributed by atoms with Gasteiger partial charge in [0.25, 0.3) is 0 Å². The van der Waals surface area contributed by atoms with Crippen molar-refractivity contribution in [2.75, 3.05) is 20.2 Å². The van der Waals surface area contributed by atoms with E-state index in [-0.39, 0.29) is 0 Å². The Kier molecular flexibility index (Phi) is 1.83. The lowest BCUT2D eigenvalue weighted by Crippen LogP contribution is -2.37. The number of likely N-dealkylation sites (N-methyl/N-ethyl adjacent to an activating group) is 1. The van der Waals surface area contributed by atoms with E-state index in [1.54, 1.807) is 0 Å². The fraction of sp³-hybridized carbons (Fsp3) is 1.00. The third kappa shape index (κ3) is 1.18. The molecule has 1 rings (SSSR count). The zero-order chi connectivity index (χ0) is 5.98. The summed E-state index contributed by atoms with van der Waals surface area (Å²) in [6.45, 7) is 1.55. The van der Waals surface area contributed by atoms with Crippen LogP contribution >= 0.6 is 0 Å². The molecule has 2 atom stereocenters. The Labute approximate surface area is 49.2 Å². The first-order valence-corrected chi connectivity index (χ1v) is 2.87. The molecule has 48 valence electrons. The molecule has 0 spiro atoms. The van der Waals surface area contributed by atoms with E-state index in [4.69, 9.17) is 10.5 Å². The average Bonchev–Trinajstić information content (AvgIpc) is 2.53. The number of nitrogens with one attached hydrogen (secondary N) is 1. The smallest absolute Gasteiger partial charge is 0.0974 e. The molecule has 1 heterocycles. The van der Waals surface area contributed by atoms with Crippen molar-refractivity contribution in [3.05, 3.63) is 0 Å². The highest BCUT2D eigenvalue weighted by molar-refractivity contribution is 4.84. The molecule has 3 N–H and O–H groups in total. The molecule has 0 amide bonds. The quantitative estimate of drug-likeness (QED) is 0.462. The van der Waals surface area contributed by atoms with E-state index in [0.717, 1.165) is 6.61 Å². The maximum atomic E-state index is 5.38. The van der Waals surface area contributed by atoms with Crippen LogP contribution in [0.4, 0.5) is 0 Å². The largest absolute Gasteiger partial charge is 0.371 e. The van der Waals surface area contributed by atoms with Gasteiger partial charge in [-0.2, -0.15) is 0 Å². The van der Waals surface area contributed by atoms with Gasteiger partial charge in [0, 0.05) is 12.6 Å². The molecule has 0 aromatic carbocycles. The first-order valence-electron chi connectivity index (χ1n) is 2.87. The van der Waals surface area contributed by atoms with E-state index in [1.165, 1.54) is 0 Å². The van der Waals surface area contributed by atoms with Crippen molar-refractivity contribution in [2.45, 2.75) is 12.1 Å². The van der Waals surface area contributed by atoms with Crippen LogP contribution in [-0.2, 0) is 4.74 Å². The average molecular weight is 116 g/mol. The number of ether oxygens (including phenoxy) is 1. The minimum Gasteiger partial charge on any atom is -0.371 e. The summed E-state index contributed by atoms with van der Waals surface area (Å²) in [6, 6.07) is 0.370. The summed E-state index contributed by atoms with van der Waals surface area (Å²) in [5.41, 5.74) is 5.38.